The van der Waals surface area contributed by atoms with Crippen LogP contribution in [0, 0.1) is 0 Å². The molecule has 0 unspecified atom stereocenters. The number of anilines is 1. The predicted octanol–water partition coefficient (Wildman–Crippen LogP) is 3.35. The fourth-order valence-electron chi connectivity index (χ4n) is 2.52. The van der Waals surface area contributed by atoms with Crippen molar-refractivity contribution in [1.82, 2.24) is 10.2 Å². The number of ether oxygens (including phenoxy) is 3. The van der Waals surface area contributed by atoms with Gasteiger partial charge >= 0.3 is 0 Å². The number of aromatic amines is 1. The second-order valence-electron chi connectivity index (χ2n) is 5.39. The predicted molar refractivity (Wildman–Crippen MR) is 98.1 cm³/mol. The molecule has 1 amide bonds. The van der Waals surface area contributed by atoms with Crippen LogP contribution in [0.1, 0.15) is 10.5 Å². The van der Waals surface area contributed by atoms with Gasteiger partial charge in [-0.05, 0) is 30.3 Å². The van der Waals surface area contributed by atoms with E-state index in [1.807, 2.05) is 18.2 Å². The maximum absolute atomic E-state index is 12.5. The lowest BCUT2D eigenvalue weighted by Crippen LogP contribution is -2.13. The summed E-state index contributed by atoms with van der Waals surface area (Å²) < 4.78 is 15.8. The Morgan fingerprint density at radius 3 is 2.46 bits per heavy atom. The minimum atomic E-state index is -0.319. The maximum Gasteiger partial charge on any atom is 0.273 e. The number of benzene rings is 2. The summed E-state index contributed by atoms with van der Waals surface area (Å²) in [6.45, 7) is 0. The molecular formula is C19H19N3O4. The average Bonchev–Trinajstić information content (AvgIpc) is 3.18. The number of carbonyl (C=O) groups excluding carboxylic acids is 1. The maximum atomic E-state index is 12.5. The Hall–Kier alpha value is -3.48. The van der Waals surface area contributed by atoms with E-state index in [0.29, 0.717) is 34.3 Å². The van der Waals surface area contributed by atoms with Crippen LogP contribution in [0.15, 0.2) is 48.5 Å². The van der Waals surface area contributed by atoms with Crippen LogP contribution in [0.4, 0.5) is 5.69 Å². The monoisotopic (exact) mass is 353 g/mol. The molecule has 0 radical (unpaired) electrons. The Balaban J connectivity index is 1.85. The van der Waals surface area contributed by atoms with Gasteiger partial charge in [0.05, 0.1) is 32.7 Å². The van der Waals surface area contributed by atoms with Crippen molar-refractivity contribution in [2.45, 2.75) is 0 Å². The van der Waals surface area contributed by atoms with Crippen LogP contribution in [-0.2, 0) is 0 Å². The molecule has 1 aromatic heterocycles. The van der Waals surface area contributed by atoms with E-state index in [9.17, 15) is 4.79 Å². The molecule has 0 spiro atoms. The summed E-state index contributed by atoms with van der Waals surface area (Å²) in [7, 11) is 4.71. The zero-order valence-corrected chi connectivity index (χ0v) is 14.7. The average molecular weight is 353 g/mol. The first-order chi connectivity index (χ1) is 12.7. The zero-order chi connectivity index (χ0) is 18.5. The molecule has 0 aliphatic carbocycles. The van der Waals surface area contributed by atoms with E-state index >= 15 is 0 Å². The van der Waals surface area contributed by atoms with Gasteiger partial charge in [0.1, 0.15) is 22.9 Å². The van der Waals surface area contributed by atoms with Crippen LogP contribution >= 0.6 is 0 Å². The molecule has 0 saturated heterocycles. The SMILES string of the molecule is COc1ccc(-c2cc(C(=O)Nc3ccccc3OC)[nH]n2)c(OC)c1. The molecule has 0 aliphatic heterocycles. The first-order valence-corrected chi connectivity index (χ1v) is 7.88. The summed E-state index contributed by atoms with van der Waals surface area (Å²) in [5, 5.41) is 9.77. The molecule has 3 aromatic rings. The lowest BCUT2D eigenvalue weighted by molar-refractivity contribution is 0.102. The van der Waals surface area contributed by atoms with Gasteiger partial charge in [-0.2, -0.15) is 5.10 Å². The Labute approximate surface area is 150 Å². The number of para-hydroxylation sites is 2. The smallest absolute Gasteiger partial charge is 0.273 e. The van der Waals surface area contributed by atoms with Crippen molar-refractivity contribution in [3.63, 3.8) is 0 Å². The van der Waals surface area contributed by atoms with E-state index in [1.54, 1.807) is 51.7 Å². The topological polar surface area (TPSA) is 85.5 Å². The van der Waals surface area contributed by atoms with E-state index in [1.165, 1.54) is 0 Å². The van der Waals surface area contributed by atoms with Crippen LogP contribution in [0.25, 0.3) is 11.3 Å². The highest BCUT2D eigenvalue weighted by Crippen LogP contribution is 2.32. The highest BCUT2D eigenvalue weighted by molar-refractivity contribution is 6.04. The molecular weight excluding hydrogens is 334 g/mol. The number of hydrogen-bond acceptors (Lipinski definition) is 5. The molecule has 0 fully saturated rings. The first-order valence-electron chi connectivity index (χ1n) is 7.88. The number of aromatic nitrogens is 2. The van der Waals surface area contributed by atoms with Gasteiger partial charge in [-0.15, -0.1) is 0 Å². The van der Waals surface area contributed by atoms with Crippen molar-refractivity contribution in [2.75, 3.05) is 26.6 Å². The summed E-state index contributed by atoms with van der Waals surface area (Å²) in [4.78, 5) is 12.5. The number of amides is 1. The van der Waals surface area contributed by atoms with Gasteiger partial charge in [-0.3, -0.25) is 9.89 Å². The number of nitrogens with one attached hydrogen (secondary N) is 2. The molecule has 2 aromatic carbocycles. The van der Waals surface area contributed by atoms with E-state index in [2.05, 4.69) is 15.5 Å². The molecule has 26 heavy (non-hydrogen) atoms. The summed E-state index contributed by atoms with van der Waals surface area (Å²) >= 11 is 0. The fourth-order valence-corrected chi connectivity index (χ4v) is 2.52. The summed E-state index contributed by atoms with van der Waals surface area (Å²) in [5.74, 6) is 1.54. The van der Waals surface area contributed by atoms with Gasteiger partial charge in [-0.1, -0.05) is 12.1 Å². The molecule has 0 bridgehead atoms. The molecule has 3 rings (SSSR count). The van der Waals surface area contributed by atoms with E-state index in [4.69, 9.17) is 14.2 Å². The van der Waals surface area contributed by atoms with Crippen LogP contribution in [-0.4, -0.2) is 37.4 Å². The number of rotatable bonds is 6. The largest absolute Gasteiger partial charge is 0.497 e. The second kappa shape index (κ2) is 7.60. The van der Waals surface area contributed by atoms with Gasteiger partial charge in [-0.25, -0.2) is 0 Å². The quantitative estimate of drug-likeness (QED) is 0.710. The highest BCUT2D eigenvalue weighted by Gasteiger charge is 2.16. The van der Waals surface area contributed by atoms with E-state index in [-0.39, 0.29) is 5.91 Å². The molecule has 7 nitrogen and oxygen atoms in total. The molecule has 7 heteroatoms. The number of hydrogen-bond donors (Lipinski definition) is 2. The Bertz CT molecular complexity index is 921. The van der Waals surface area contributed by atoms with Crippen LogP contribution in [0.5, 0.6) is 17.2 Å². The number of carbonyl (C=O) groups is 1. The third-order valence-corrected chi connectivity index (χ3v) is 3.86. The minimum absolute atomic E-state index is 0.319. The molecule has 0 saturated carbocycles. The Morgan fingerprint density at radius 2 is 1.73 bits per heavy atom. The third kappa shape index (κ3) is 3.46. The number of methoxy groups -OCH3 is 3. The Morgan fingerprint density at radius 1 is 0.962 bits per heavy atom. The normalized spacial score (nSPS) is 10.3. The standard InChI is InChI=1S/C19H19N3O4/c1-24-12-8-9-13(18(10-12)26-3)15-11-16(22-21-15)19(23)20-14-6-4-5-7-17(14)25-2/h4-11H,1-3H3,(H,20,23)(H,21,22). The van der Waals surface area contributed by atoms with Gasteiger partial charge < -0.3 is 19.5 Å². The lowest BCUT2D eigenvalue weighted by atomic mass is 10.1. The van der Waals surface area contributed by atoms with Crippen LogP contribution in [0.2, 0.25) is 0 Å². The van der Waals surface area contributed by atoms with E-state index < -0.39 is 0 Å². The zero-order valence-electron chi connectivity index (χ0n) is 14.7. The summed E-state index contributed by atoms with van der Waals surface area (Å²) in [6, 6.07) is 14.2. The number of nitrogens with zero attached hydrogens (tertiary/aromatic N) is 1. The van der Waals surface area contributed by atoms with Crippen molar-refractivity contribution >= 4 is 11.6 Å². The molecule has 0 atom stereocenters. The second-order valence-corrected chi connectivity index (χ2v) is 5.39. The van der Waals surface area contributed by atoms with Gasteiger partial charge in [0.2, 0.25) is 0 Å². The van der Waals surface area contributed by atoms with Crippen molar-refractivity contribution in [3.05, 3.63) is 54.2 Å². The van der Waals surface area contributed by atoms with Crippen molar-refractivity contribution in [2.24, 2.45) is 0 Å². The van der Waals surface area contributed by atoms with Gasteiger partial charge in [0, 0.05) is 11.6 Å². The fraction of sp³-hybridized carbons (Fsp3) is 0.158. The summed E-state index contributed by atoms with van der Waals surface area (Å²) in [6.07, 6.45) is 0. The lowest BCUT2D eigenvalue weighted by Gasteiger charge is -2.08. The molecule has 1 heterocycles. The van der Waals surface area contributed by atoms with E-state index in [0.717, 1.165) is 5.56 Å². The minimum Gasteiger partial charge on any atom is -0.497 e. The third-order valence-electron chi connectivity index (χ3n) is 3.86. The molecule has 134 valence electrons. The number of H-pyrrole nitrogens is 1. The molecule has 2 N–H and O–H groups in total. The van der Waals surface area contributed by atoms with Crippen LogP contribution in [0.3, 0.4) is 0 Å². The van der Waals surface area contributed by atoms with Gasteiger partial charge in [0.15, 0.2) is 0 Å². The molecule has 0 aliphatic rings. The van der Waals surface area contributed by atoms with Crippen molar-refractivity contribution < 1.29 is 19.0 Å². The van der Waals surface area contributed by atoms with Crippen LogP contribution < -0.4 is 19.5 Å². The van der Waals surface area contributed by atoms with Crippen molar-refractivity contribution in [1.29, 1.82) is 0 Å². The van der Waals surface area contributed by atoms with Gasteiger partial charge in [0.25, 0.3) is 5.91 Å². The summed E-state index contributed by atoms with van der Waals surface area (Å²) in [5.41, 5.74) is 2.25. The van der Waals surface area contributed by atoms with Crippen molar-refractivity contribution in [3.8, 4) is 28.5 Å². The first kappa shape index (κ1) is 17.3. The highest BCUT2D eigenvalue weighted by atomic mass is 16.5. The Kier molecular flexibility index (Phi) is 5.07.